The lowest BCUT2D eigenvalue weighted by Crippen LogP contribution is -3.07. The van der Waals surface area contributed by atoms with E-state index in [4.69, 9.17) is 4.74 Å². The average Bonchev–Trinajstić information content (AvgIpc) is 2.76. The fraction of sp³-hybridized carbons (Fsp3) is 0.417. The van der Waals surface area contributed by atoms with Crippen LogP contribution in [0.4, 0.5) is 4.79 Å². The Bertz CT molecular complexity index is 781. The summed E-state index contributed by atoms with van der Waals surface area (Å²) in [6, 6.07) is 19.1. The van der Waals surface area contributed by atoms with Crippen molar-refractivity contribution in [1.82, 2.24) is 10.6 Å². The van der Waals surface area contributed by atoms with E-state index < -0.39 is 12.1 Å². The molecule has 3 N–H and O–H groups in total. The van der Waals surface area contributed by atoms with Gasteiger partial charge in [0.15, 0.2) is 0 Å². The lowest BCUT2D eigenvalue weighted by atomic mass is 9.98. The number of quaternary nitrogens is 1. The summed E-state index contributed by atoms with van der Waals surface area (Å²) in [4.78, 5) is 26.4. The first-order valence-corrected chi connectivity index (χ1v) is 10.5. The van der Waals surface area contributed by atoms with Gasteiger partial charge in [-0.1, -0.05) is 80.9 Å². The summed E-state index contributed by atoms with van der Waals surface area (Å²) in [5.74, 6) is -0.209. The SMILES string of the molecule is CC[C@@H](C)[C@@H](NC(=O)OCc1ccccc1)C(=O)NC[C@@H](c1ccccc1)[NH+](C)C. The number of alkyl carbamates (subject to hydrolysis) is 1. The molecular weight excluding hydrogens is 378 g/mol. The zero-order chi connectivity index (χ0) is 21.9. The first kappa shape index (κ1) is 23.4. The first-order chi connectivity index (χ1) is 14.4. The molecule has 2 rings (SSSR count). The third-order valence-corrected chi connectivity index (χ3v) is 5.36. The number of benzene rings is 2. The van der Waals surface area contributed by atoms with Crippen molar-refractivity contribution in [2.24, 2.45) is 5.92 Å². The number of likely N-dealkylation sites (N-methyl/N-ethyl adjacent to an activating group) is 1. The van der Waals surface area contributed by atoms with Gasteiger partial charge in [0.1, 0.15) is 18.7 Å². The van der Waals surface area contributed by atoms with Gasteiger partial charge in [-0.25, -0.2) is 4.79 Å². The van der Waals surface area contributed by atoms with E-state index in [1.807, 2.05) is 62.4 Å². The van der Waals surface area contributed by atoms with E-state index in [-0.39, 0.29) is 24.5 Å². The highest BCUT2D eigenvalue weighted by Gasteiger charge is 2.28. The molecule has 2 aromatic carbocycles. The number of hydrogen-bond donors (Lipinski definition) is 3. The molecule has 2 aromatic rings. The quantitative estimate of drug-likeness (QED) is 0.561. The highest BCUT2D eigenvalue weighted by Crippen LogP contribution is 2.11. The van der Waals surface area contributed by atoms with Gasteiger partial charge in [-0.15, -0.1) is 0 Å². The molecular formula is C24H34N3O3+. The Morgan fingerprint density at radius 3 is 2.17 bits per heavy atom. The summed E-state index contributed by atoms with van der Waals surface area (Å²) >= 11 is 0. The van der Waals surface area contributed by atoms with Crippen LogP contribution in [-0.2, 0) is 16.1 Å². The van der Waals surface area contributed by atoms with Crippen LogP contribution in [0.1, 0.15) is 37.4 Å². The summed E-state index contributed by atoms with van der Waals surface area (Å²) < 4.78 is 5.30. The van der Waals surface area contributed by atoms with Crippen molar-refractivity contribution in [2.75, 3.05) is 20.6 Å². The van der Waals surface area contributed by atoms with E-state index in [2.05, 4.69) is 36.9 Å². The van der Waals surface area contributed by atoms with Crippen LogP contribution in [0, 0.1) is 5.92 Å². The number of hydrogen-bond acceptors (Lipinski definition) is 3. The second-order valence-electron chi connectivity index (χ2n) is 7.86. The Kier molecular flexibility index (Phi) is 9.35. The number of amides is 2. The number of carbonyl (C=O) groups excluding carboxylic acids is 2. The molecule has 30 heavy (non-hydrogen) atoms. The third kappa shape index (κ3) is 7.19. The molecule has 0 saturated heterocycles. The van der Waals surface area contributed by atoms with E-state index in [1.165, 1.54) is 4.90 Å². The fourth-order valence-electron chi connectivity index (χ4n) is 3.25. The van der Waals surface area contributed by atoms with Crippen LogP contribution in [-0.4, -0.2) is 38.7 Å². The number of carbonyl (C=O) groups is 2. The van der Waals surface area contributed by atoms with Crippen molar-refractivity contribution in [3.05, 3.63) is 71.8 Å². The molecule has 6 heteroatoms. The zero-order valence-corrected chi connectivity index (χ0v) is 18.4. The van der Waals surface area contributed by atoms with Gasteiger partial charge in [-0.05, 0) is 11.5 Å². The Morgan fingerprint density at radius 2 is 1.60 bits per heavy atom. The summed E-state index contributed by atoms with van der Waals surface area (Å²) in [6.45, 7) is 4.60. The van der Waals surface area contributed by atoms with E-state index >= 15 is 0 Å². The average molecular weight is 413 g/mol. The van der Waals surface area contributed by atoms with E-state index in [0.29, 0.717) is 6.54 Å². The predicted octanol–water partition coefficient (Wildman–Crippen LogP) is 2.33. The van der Waals surface area contributed by atoms with Gasteiger partial charge in [0.25, 0.3) is 0 Å². The number of ether oxygens (including phenoxy) is 1. The van der Waals surface area contributed by atoms with Crippen molar-refractivity contribution < 1.29 is 19.2 Å². The molecule has 0 aromatic heterocycles. The second-order valence-corrected chi connectivity index (χ2v) is 7.86. The summed E-state index contributed by atoms with van der Waals surface area (Å²) in [6.07, 6.45) is 0.176. The summed E-state index contributed by atoms with van der Waals surface area (Å²) in [5.41, 5.74) is 2.06. The maximum atomic E-state index is 12.9. The first-order valence-electron chi connectivity index (χ1n) is 10.5. The highest BCUT2D eigenvalue weighted by molar-refractivity contribution is 5.85. The molecule has 2 amide bonds. The molecule has 0 aliphatic rings. The van der Waals surface area contributed by atoms with Crippen molar-refractivity contribution in [2.45, 2.75) is 39.0 Å². The van der Waals surface area contributed by atoms with Crippen LogP contribution in [0.2, 0.25) is 0 Å². The van der Waals surface area contributed by atoms with Gasteiger partial charge in [0, 0.05) is 5.56 Å². The van der Waals surface area contributed by atoms with Crippen LogP contribution in [0.5, 0.6) is 0 Å². The van der Waals surface area contributed by atoms with Crippen LogP contribution >= 0.6 is 0 Å². The molecule has 0 saturated carbocycles. The zero-order valence-electron chi connectivity index (χ0n) is 18.4. The molecule has 0 bridgehead atoms. The van der Waals surface area contributed by atoms with Crippen molar-refractivity contribution >= 4 is 12.0 Å². The van der Waals surface area contributed by atoms with Crippen molar-refractivity contribution in [3.8, 4) is 0 Å². The van der Waals surface area contributed by atoms with Crippen LogP contribution in [0.15, 0.2) is 60.7 Å². The fourth-order valence-corrected chi connectivity index (χ4v) is 3.25. The van der Waals surface area contributed by atoms with Gasteiger partial charge in [-0.3, -0.25) is 4.79 Å². The third-order valence-electron chi connectivity index (χ3n) is 5.36. The van der Waals surface area contributed by atoms with E-state index in [0.717, 1.165) is 17.5 Å². The van der Waals surface area contributed by atoms with Crippen LogP contribution < -0.4 is 15.5 Å². The Morgan fingerprint density at radius 1 is 1.00 bits per heavy atom. The molecule has 0 radical (unpaired) electrons. The van der Waals surface area contributed by atoms with E-state index in [1.54, 1.807) is 0 Å². The van der Waals surface area contributed by atoms with Gasteiger partial charge >= 0.3 is 6.09 Å². The molecule has 0 aliphatic carbocycles. The topological polar surface area (TPSA) is 71.9 Å². The van der Waals surface area contributed by atoms with Crippen molar-refractivity contribution in [1.29, 1.82) is 0 Å². The summed E-state index contributed by atoms with van der Waals surface area (Å²) in [5, 5.41) is 5.78. The maximum absolute atomic E-state index is 12.9. The molecule has 0 heterocycles. The lowest BCUT2D eigenvalue weighted by molar-refractivity contribution is -0.890. The standard InChI is InChI=1S/C24H33N3O3/c1-5-18(2)22(26-24(29)30-17-19-12-8-6-9-13-19)23(28)25-16-21(27(3)4)20-14-10-7-11-15-20/h6-15,18,21-22H,5,16-17H2,1-4H3,(H,25,28)(H,26,29)/p+1/t18-,21+,22-/m1/s1. The molecule has 0 aliphatic heterocycles. The smallest absolute Gasteiger partial charge is 0.408 e. The minimum absolute atomic E-state index is 0.0175. The van der Waals surface area contributed by atoms with Crippen LogP contribution in [0.25, 0.3) is 0 Å². The minimum Gasteiger partial charge on any atom is -0.445 e. The molecule has 162 valence electrons. The van der Waals surface area contributed by atoms with Gasteiger partial charge < -0.3 is 20.3 Å². The maximum Gasteiger partial charge on any atom is 0.408 e. The Labute approximate surface area is 179 Å². The molecule has 6 nitrogen and oxygen atoms in total. The Balaban J connectivity index is 1.96. The van der Waals surface area contributed by atoms with Crippen molar-refractivity contribution in [3.63, 3.8) is 0 Å². The second kappa shape index (κ2) is 12.0. The number of nitrogens with one attached hydrogen (secondary N) is 3. The van der Waals surface area contributed by atoms with Gasteiger partial charge in [-0.2, -0.15) is 0 Å². The minimum atomic E-state index is -0.646. The monoisotopic (exact) mass is 412 g/mol. The van der Waals surface area contributed by atoms with E-state index in [9.17, 15) is 9.59 Å². The molecule has 0 unspecified atom stereocenters. The molecule has 0 spiro atoms. The molecule has 0 fully saturated rings. The lowest BCUT2D eigenvalue weighted by Gasteiger charge is -2.26. The summed E-state index contributed by atoms with van der Waals surface area (Å²) in [7, 11) is 4.13. The predicted molar refractivity (Wildman–Crippen MR) is 118 cm³/mol. The number of rotatable bonds is 10. The largest absolute Gasteiger partial charge is 0.445 e. The molecule has 3 atom stereocenters. The van der Waals surface area contributed by atoms with Gasteiger partial charge in [0.05, 0.1) is 20.6 Å². The van der Waals surface area contributed by atoms with Gasteiger partial charge in [0.2, 0.25) is 5.91 Å². The normalized spacial score (nSPS) is 13.9. The Hall–Kier alpha value is -2.86. The van der Waals surface area contributed by atoms with Crippen LogP contribution in [0.3, 0.4) is 0 Å². The highest BCUT2D eigenvalue weighted by atomic mass is 16.5.